The fourth-order valence-corrected chi connectivity index (χ4v) is 4.09. The number of hydrogen-bond acceptors (Lipinski definition) is 5. The zero-order valence-electron chi connectivity index (χ0n) is 16.3. The summed E-state index contributed by atoms with van der Waals surface area (Å²) in [5.74, 6) is 1.29. The fraction of sp³-hybridized carbons (Fsp3) is 0.125. The minimum absolute atomic E-state index is 0.0497. The van der Waals surface area contributed by atoms with E-state index in [1.165, 1.54) is 4.90 Å². The van der Waals surface area contributed by atoms with Crippen LogP contribution in [0.15, 0.2) is 76.5 Å². The molecule has 0 fully saturated rings. The molecule has 1 heterocycles. The first-order valence-electron chi connectivity index (χ1n) is 9.39. The Morgan fingerprint density at radius 2 is 1.83 bits per heavy atom. The number of nitrogens with one attached hydrogen (secondary N) is 1. The molecule has 0 amide bonds. The van der Waals surface area contributed by atoms with E-state index in [2.05, 4.69) is 11.4 Å². The number of rotatable bonds is 6. The van der Waals surface area contributed by atoms with Crippen LogP contribution in [-0.2, 0) is 0 Å². The number of methoxy groups -OCH3 is 1. The summed E-state index contributed by atoms with van der Waals surface area (Å²) < 4.78 is 10.9. The minimum Gasteiger partial charge on any atom is -0.493 e. The molecule has 5 heteroatoms. The predicted molar refractivity (Wildman–Crippen MR) is 118 cm³/mol. The second kappa shape index (κ2) is 8.45. The molecule has 0 spiro atoms. The third kappa shape index (κ3) is 4.15. The van der Waals surface area contributed by atoms with Crippen molar-refractivity contribution < 1.29 is 14.3 Å². The Balaban J connectivity index is 1.52. The highest BCUT2D eigenvalue weighted by atomic mass is 32.2. The molecular weight excluding hydrogens is 382 g/mol. The third-order valence-electron chi connectivity index (χ3n) is 4.56. The number of carbonyl (C=O) groups excluding carboxylic acids is 1. The summed E-state index contributed by atoms with van der Waals surface area (Å²) >= 11 is 1.70. The molecule has 1 N–H and O–H groups in total. The van der Waals surface area contributed by atoms with Crippen LogP contribution in [0.4, 0.5) is 11.4 Å². The summed E-state index contributed by atoms with van der Waals surface area (Å²) in [6, 6.07) is 19.5. The number of hydrogen-bond donors (Lipinski definition) is 1. The van der Waals surface area contributed by atoms with E-state index in [0.717, 1.165) is 21.8 Å². The van der Waals surface area contributed by atoms with Crippen molar-refractivity contribution >= 4 is 35.0 Å². The molecule has 3 aromatic rings. The standard InChI is InChI=1S/C24H21NO3S/c1-3-28-21-12-9-16(14-22(21)27-2)8-11-20(26)17-10-13-24-19(15-17)25-18-6-4-5-7-23(18)29-24/h4-15,25H,3H2,1-2H3. The van der Waals surface area contributed by atoms with E-state index in [-0.39, 0.29) is 5.78 Å². The van der Waals surface area contributed by atoms with E-state index in [1.807, 2.05) is 61.5 Å². The molecule has 1 aliphatic rings. The van der Waals surface area contributed by atoms with Crippen molar-refractivity contribution in [3.8, 4) is 11.5 Å². The van der Waals surface area contributed by atoms with E-state index >= 15 is 0 Å². The lowest BCUT2D eigenvalue weighted by Gasteiger charge is -2.20. The first kappa shape index (κ1) is 19.2. The molecule has 29 heavy (non-hydrogen) atoms. The number of fused-ring (bicyclic) bond motifs is 2. The van der Waals surface area contributed by atoms with Crippen LogP contribution in [0.5, 0.6) is 11.5 Å². The summed E-state index contributed by atoms with van der Waals surface area (Å²) in [6.07, 6.45) is 3.37. The maximum atomic E-state index is 12.7. The van der Waals surface area contributed by atoms with Gasteiger partial charge in [0.2, 0.25) is 0 Å². The van der Waals surface area contributed by atoms with Crippen LogP contribution in [0, 0.1) is 0 Å². The van der Waals surface area contributed by atoms with Crippen molar-refractivity contribution in [1.29, 1.82) is 0 Å². The van der Waals surface area contributed by atoms with Crippen molar-refractivity contribution in [1.82, 2.24) is 0 Å². The van der Waals surface area contributed by atoms with Crippen LogP contribution in [0.25, 0.3) is 6.08 Å². The summed E-state index contributed by atoms with van der Waals surface area (Å²) in [6.45, 7) is 2.50. The van der Waals surface area contributed by atoms with Gasteiger partial charge in [0.15, 0.2) is 17.3 Å². The average Bonchev–Trinajstić information content (AvgIpc) is 2.76. The van der Waals surface area contributed by atoms with Gasteiger partial charge in [-0.1, -0.05) is 36.0 Å². The minimum atomic E-state index is -0.0497. The molecular formula is C24H21NO3S. The Hall–Kier alpha value is -3.18. The normalized spacial score (nSPS) is 12.1. The summed E-state index contributed by atoms with van der Waals surface area (Å²) in [5, 5.41) is 3.42. The van der Waals surface area contributed by atoms with Crippen molar-refractivity contribution in [2.24, 2.45) is 0 Å². The molecule has 1 aliphatic heterocycles. The average molecular weight is 404 g/mol. The van der Waals surface area contributed by atoms with Gasteiger partial charge in [0.05, 0.1) is 25.1 Å². The highest BCUT2D eigenvalue weighted by Crippen LogP contribution is 2.44. The predicted octanol–water partition coefficient (Wildman–Crippen LogP) is 6.20. The Morgan fingerprint density at radius 1 is 1.00 bits per heavy atom. The molecule has 0 aromatic heterocycles. The van der Waals surface area contributed by atoms with Crippen LogP contribution in [0.1, 0.15) is 22.8 Å². The molecule has 0 unspecified atom stereocenters. The molecule has 146 valence electrons. The van der Waals surface area contributed by atoms with Gasteiger partial charge in [-0.2, -0.15) is 0 Å². The van der Waals surface area contributed by atoms with Gasteiger partial charge in [-0.3, -0.25) is 4.79 Å². The van der Waals surface area contributed by atoms with Crippen LogP contribution < -0.4 is 14.8 Å². The van der Waals surface area contributed by atoms with E-state index < -0.39 is 0 Å². The fourth-order valence-electron chi connectivity index (χ4n) is 3.12. The van der Waals surface area contributed by atoms with Crippen LogP contribution >= 0.6 is 11.8 Å². The molecule has 3 aromatic carbocycles. The number of para-hydroxylation sites is 1. The highest BCUT2D eigenvalue weighted by Gasteiger charge is 2.16. The number of ether oxygens (including phenoxy) is 2. The Bertz CT molecular complexity index is 1090. The number of allylic oxidation sites excluding steroid dienone is 1. The van der Waals surface area contributed by atoms with Gasteiger partial charge in [0.25, 0.3) is 0 Å². The molecule has 4 nitrogen and oxygen atoms in total. The first-order chi connectivity index (χ1) is 14.2. The number of carbonyl (C=O) groups is 1. The molecule has 0 saturated carbocycles. The lowest BCUT2D eigenvalue weighted by molar-refractivity contribution is 0.104. The quantitative estimate of drug-likeness (QED) is 0.307. The van der Waals surface area contributed by atoms with E-state index in [0.29, 0.717) is 23.7 Å². The Kier molecular flexibility index (Phi) is 5.58. The smallest absolute Gasteiger partial charge is 0.185 e. The lowest BCUT2D eigenvalue weighted by atomic mass is 10.1. The van der Waals surface area contributed by atoms with E-state index in [1.54, 1.807) is 31.0 Å². The second-order valence-corrected chi connectivity index (χ2v) is 7.56. The monoisotopic (exact) mass is 403 g/mol. The van der Waals surface area contributed by atoms with Gasteiger partial charge in [-0.25, -0.2) is 0 Å². The van der Waals surface area contributed by atoms with Gasteiger partial charge in [0.1, 0.15) is 0 Å². The van der Waals surface area contributed by atoms with Crippen molar-refractivity contribution in [3.63, 3.8) is 0 Å². The molecule has 0 saturated heterocycles. The largest absolute Gasteiger partial charge is 0.493 e. The second-order valence-electron chi connectivity index (χ2n) is 6.48. The number of ketones is 1. The molecule has 0 aliphatic carbocycles. The molecule has 0 atom stereocenters. The number of benzene rings is 3. The summed E-state index contributed by atoms with van der Waals surface area (Å²) in [5.41, 5.74) is 3.53. The molecule has 0 bridgehead atoms. The van der Waals surface area contributed by atoms with Gasteiger partial charge in [0, 0.05) is 15.4 Å². The zero-order valence-corrected chi connectivity index (χ0v) is 17.1. The molecule has 4 rings (SSSR count). The lowest BCUT2D eigenvalue weighted by Crippen LogP contribution is -2.02. The van der Waals surface area contributed by atoms with E-state index in [4.69, 9.17) is 9.47 Å². The topological polar surface area (TPSA) is 47.6 Å². The van der Waals surface area contributed by atoms with Crippen LogP contribution in [-0.4, -0.2) is 19.5 Å². The summed E-state index contributed by atoms with van der Waals surface area (Å²) in [4.78, 5) is 15.0. The Labute approximate surface area is 174 Å². The molecule has 0 radical (unpaired) electrons. The maximum absolute atomic E-state index is 12.7. The van der Waals surface area contributed by atoms with Crippen molar-refractivity contribution in [2.75, 3.05) is 19.0 Å². The van der Waals surface area contributed by atoms with Crippen molar-refractivity contribution in [3.05, 3.63) is 77.9 Å². The van der Waals surface area contributed by atoms with Crippen LogP contribution in [0.2, 0.25) is 0 Å². The Morgan fingerprint density at radius 3 is 2.66 bits per heavy atom. The highest BCUT2D eigenvalue weighted by molar-refractivity contribution is 7.99. The zero-order chi connectivity index (χ0) is 20.2. The summed E-state index contributed by atoms with van der Waals surface area (Å²) in [7, 11) is 1.60. The SMILES string of the molecule is CCOc1ccc(C=CC(=O)c2ccc3c(c2)Nc2ccccc2S3)cc1OC. The number of anilines is 2. The van der Waals surface area contributed by atoms with Crippen LogP contribution in [0.3, 0.4) is 0 Å². The van der Waals surface area contributed by atoms with Gasteiger partial charge in [-0.15, -0.1) is 0 Å². The van der Waals surface area contributed by atoms with Gasteiger partial charge < -0.3 is 14.8 Å². The first-order valence-corrected chi connectivity index (χ1v) is 10.2. The third-order valence-corrected chi connectivity index (χ3v) is 5.71. The van der Waals surface area contributed by atoms with Gasteiger partial charge >= 0.3 is 0 Å². The van der Waals surface area contributed by atoms with E-state index in [9.17, 15) is 4.79 Å². The van der Waals surface area contributed by atoms with Gasteiger partial charge in [-0.05, 0) is 61.0 Å². The maximum Gasteiger partial charge on any atom is 0.185 e. The van der Waals surface area contributed by atoms with Crippen molar-refractivity contribution in [2.45, 2.75) is 16.7 Å².